The van der Waals surface area contributed by atoms with Crippen LogP contribution in [-0.2, 0) is 9.53 Å². The average Bonchev–Trinajstić information content (AvgIpc) is 2.36. The van der Waals surface area contributed by atoms with E-state index in [0.717, 1.165) is 32.5 Å². The van der Waals surface area contributed by atoms with Crippen molar-refractivity contribution in [1.82, 2.24) is 4.90 Å². The van der Waals surface area contributed by atoms with E-state index in [9.17, 15) is 4.79 Å². The van der Waals surface area contributed by atoms with Gasteiger partial charge in [0.25, 0.3) is 0 Å². The highest BCUT2D eigenvalue weighted by Crippen LogP contribution is 2.16. The Balaban J connectivity index is 2.51. The molecule has 94 valence electrons. The third-order valence-corrected chi connectivity index (χ3v) is 3.63. The van der Waals surface area contributed by atoms with Crippen LogP contribution in [0.25, 0.3) is 0 Å². The first kappa shape index (κ1) is 13.5. The minimum absolute atomic E-state index is 0.0706. The average molecular weight is 228 g/mol. The molecule has 4 nitrogen and oxygen atoms in total. The Morgan fingerprint density at radius 3 is 2.56 bits per heavy atom. The summed E-state index contributed by atoms with van der Waals surface area (Å²) in [6.45, 7) is 5.59. The van der Waals surface area contributed by atoms with Crippen LogP contribution < -0.4 is 5.73 Å². The molecule has 0 radical (unpaired) electrons. The van der Waals surface area contributed by atoms with Crippen LogP contribution in [0, 0.1) is 5.92 Å². The number of likely N-dealkylation sites (N-methyl/N-ethyl adjacent to an activating group) is 1. The summed E-state index contributed by atoms with van der Waals surface area (Å²) in [6.07, 6.45) is 2.79. The predicted molar refractivity (Wildman–Crippen MR) is 64.0 cm³/mol. The molecule has 2 N–H and O–H groups in total. The maximum atomic E-state index is 12.1. The van der Waals surface area contributed by atoms with Crippen molar-refractivity contribution in [3.05, 3.63) is 0 Å². The zero-order valence-corrected chi connectivity index (χ0v) is 10.6. The van der Waals surface area contributed by atoms with Crippen molar-refractivity contribution in [3.8, 4) is 0 Å². The van der Waals surface area contributed by atoms with Gasteiger partial charge >= 0.3 is 0 Å². The van der Waals surface area contributed by atoms with E-state index in [-0.39, 0.29) is 17.9 Å². The lowest BCUT2D eigenvalue weighted by molar-refractivity contribution is -0.136. The van der Waals surface area contributed by atoms with Crippen LogP contribution in [0.4, 0.5) is 0 Å². The van der Waals surface area contributed by atoms with E-state index in [2.05, 4.69) is 6.92 Å². The van der Waals surface area contributed by atoms with Gasteiger partial charge in [-0.25, -0.2) is 0 Å². The normalized spacial score (nSPS) is 21.5. The number of amides is 1. The summed E-state index contributed by atoms with van der Waals surface area (Å²) in [7, 11) is 1.86. The van der Waals surface area contributed by atoms with Crippen LogP contribution >= 0.6 is 0 Å². The Kier molecular flexibility index (Phi) is 5.22. The van der Waals surface area contributed by atoms with Crippen molar-refractivity contribution < 1.29 is 9.53 Å². The lowest BCUT2D eigenvalue weighted by Gasteiger charge is -2.34. The quantitative estimate of drug-likeness (QED) is 0.781. The fraction of sp³-hybridized carbons (Fsp3) is 0.917. The highest BCUT2D eigenvalue weighted by atomic mass is 16.5. The molecule has 1 fully saturated rings. The zero-order chi connectivity index (χ0) is 12.1. The van der Waals surface area contributed by atoms with Crippen molar-refractivity contribution in [2.75, 3.05) is 20.3 Å². The maximum Gasteiger partial charge on any atom is 0.239 e. The van der Waals surface area contributed by atoms with Gasteiger partial charge < -0.3 is 15.4 Å². The Labute approximate surface area is 98.1 Å². The number of hydrogen-bond donors (Lipinski definition) is 1. The lowest BCUT2D eigenvalue weighted by Crippen LogP contribution is -2.50. The smallest absolute Gasteiger partial charge is 0.239 e. The van der Waals surface area contributed by atoms with Crippen LogP contribution in [0.1, 0.15) is 33.1 Å². The lowest BCUT2D eigenvalue weighted by atomic mass is 9.97. The van der Waals surface area contributed by atoms with E-state index in [1.165, 1.54) is 0 Å². The molecule has 0 bridgehead atoms. The maximum absolute atomic E-state index is 12.1. The van der Waals surface area contributed by atoms with Crippen molar-refractivity contribution >= 4 is 5.91 Å². The van der Waals surface area contributed by atoms with Gasteiger partial charge in [0.1, 0.15) is 0 Å². The molecule has 0 aromatic heterocycles. The highest BCUT2D eigenvalue weighted by molar-refractivity contribution is 5.82. The van der Waals surface area contributed by atoms with Gasteiger partial charge in [-0.15, -0.1) is 0 Å². The molecule has 16 heavy (non-hydrogen) atoms. The molecule has 0 unspecified atom stereocenters. The van der Waals surface area contributed by atoms with Crippen molar-refractivity contribution in [3.63, 3.8) is 0 Å². The molecule has 1 rings (SSSR count). The molecule has 2 atom stereocenters. The van der Waals surface area contributed by atoms with Crippen molar-refractivity contribution in [1.29, 1.82) is 0 Å². The van der Waals surface area contributed by atoms with Gasteiger partial charge in [0.15, 0.2) is 0 Å². The van der Waals surface area contributed by atoms with Crippen LogP contribution in [0.5, 0.6) is 0 Å². The van der Waals surface area contributed by atoms with E-state index in [1.54, 1.807) is 0 Å². The third-order valence-electron chi connectivity index (χ3n) is 3.63. The van der Waals surface area contributed by atoms with Gasteiger partial charge in [-0.05, 0) is 18.8 Å². The summed E-state index contributed by atoms with van der Waals surface area (Å²) in [5.41, 5.74) is 5.96. The molecule has 0 aromatic carbocycles. The molecule has 0 spiro atoms. The number of ether oxygens (including phenoxy) is 1. The van der Waals surface area contributed by atoms with E-state index < -0.39 is 0 Å². The molecule has 1 heterocycles. The minimum atomic E-state index is -0.363. The number of nitrogens with two attached hydrogens (primary N) is 1. The molecule has 0 aliphatic carbocycles. The fourth-order valence-corrected chi connectivity index (χ4v) is 1.98. The Hall–Kier alpha value is -0.610. The second kappa shape index (κ2) is 6.21. The van der Waals surface area contributed by atoms with E-state index in [4.69, 9.17) is 10.5 Å². The molecule has 0 aromatic rings. The molecular weight excluding hydrogens is 204 g/mol. The monoisotopic (exact) mass is 228 g/mol. The predicted octanol–water partition coefficient (Wildman–Crippen LogP) is 0.997. The largest absolute Gasteiger partial charge is 0.381 e. The fourth-order valence-electron chi connectivity index (χ4n) is 1.98. The highest BCUT2D eigenvalue weighted by Gasteiger charge is 2.28. The van der Waals surface area contributed by atoms with Crippen molar-refractivity contribution in [2.45, 2.75) is 45.2 Å². The minimum Gasteiger partial charge on any atom is -0.381 e. The van der Waals surface area contributed by atoms with E-state index in [0.29, 0.717) is 6.04 Å². The Bertz CT molecular complexity index is 227. The topological polar surface area (TPSA) is 55.6 Å². The third kappa shape index (κ3) is 3.19. The molecule has 1 aliphatic heterocycles. The first-order valence-corrected chi connectivity index (χ1v) is 6.18. The van der Waals surface area contributed by atoms with Crippen LogP contribution in [0.15, 0.2) is 0 Å². The second-order valence-corrected chi connectivity index (χ2v) is 4.70. The SMILES string of the molecule is CC[C@H](C)[C@H](N)C(=O)N(C)C1CCOCC1. The molecule has 1 saturated heterocycles. The molecule has 0 saturated carbocycles. The standard InChI is InChI=1S/C12H24N2O2/c1-4-9(2)11(13)12(15)14(3)10-5-7-16-8-6-10/h9-11H,4-8,13H2,1-3H3/t9-,11-/m0/s1. The molecule has 1 amide bonds. The Morgan fingerprint density at radius 2 is 2.06 bits per heavy atom. The molecule has 4 heteroatoms. The summed E-state index contributed by atoms with van der Waals surface area (Å²) in [5.74, 6) is 0.316. The number of rotatable bonds is 4. The van der Waals surface area contributed by atoms with Gasteiger partial charge in [0.05, 0.1) is 6.04 Å². The molecule has 1 aliphatic rings. The first-order valence-electron chi connectivity index (χ1n) is 6.18. The van der Waals surface area contributed by atoms with E-state index in [1.807, 2.05) is 18.9 Å². The Morgan fingerprint density at radius 1 is 1.50 bits per heavy atom. The summed E-state index contributed by atoms with van der Waals surface area (Å²) >= 11 is 0. The summed E-state index contributed by atoms with van der Waals surface area (Å²) < 4.78 is 5.29. The molecular formula is C12H24N2O2. The van der Waals surface area contributed by atoms with E-state index >= 15 is 0 Å². The van der Waals surface area contributed by atoms with Crippen LogP contribution in [0.3, 0.4) is 0 Å². The van der Waals surface area contributed by atoms with Gasteiger partial charge in [0, 0.05) is 26.3 Å². The number of nitrogens with zero attached hydrogens (tertiary/aromatic N) is 1. The first-order chi connectivity index (χ1) is 7.57. The number of hydrogen-bond acceptors (Lipinski definition) is 3. The summed E-state index contributed by atoms with van der Waals surface area (Å²) in [6, 6.07) is -0.0609. The second-order valence-electron chi connectivity index (χ2n) is 4.70. The summed E-state index contributed by atoms with van der Waals surface area (Å²) in [4.78, 5) is 13.9. The summed E-state index contributed by atoms with van der Waals surface area (Å²) in [5, 5.41) is 0. The number of carbonyl (C=O) groups is 1. The van der Waals surface area contributed by atoms with Crippen molar-refractivity contribution in [2.24, 2.45) is 11.7 Å². The van der Waals surface area contributed by atoms with Gasteiger partial charge in [-0.1, -0.05) is 20.3 Å². The van der Waals surface area contributed by atoms with Crippen LogP contribution in [0.2, 0.25) is 0 Å². The number of carbonyl (C=O) groups excluding carboxylic acids is 1. The zero-order valence-electron chi connectivity index (χ0n) is 10.6. The van der Waals surface area contributed by atoms with Gasteiger partial charge in [0.2, 0.25) is 5.91 Å². The van der Waals surface area contributed by atoms with Gasteiger partial charge in [-0.2, -0.15) is 0 Å². The van der Waals surface area contributed by atoms with Gasteiger partial charge in [-0.3, -0.25) is 4.79 Å². The van der Waals surface area contributed by atoms with Crippen LogP contribution in [-0.4, -0.2) is 43.2 Å².